The van der Waals surface area contributed by atoms with Gasteiger partial charge in [0.15, 0.2) is 0 Å². The molecule has 2 heterocycles. The highest BCUT2D eigenvalue weighted by Gasteiger charge is 2.25. The van der Waals surface area contributed by atoms with E-state index < -0.39 is 5.97 Å². The number of nitrogens with one attached hydrogen (secondary N) is 1. The quantitative estimate of drug-likeness (QED) is 0.881. The van der Waals surface area contributed by atoms with E-state index in [-0.39, 0.29) is 11.6 Å². The number of hydrogen-bond donors (Lipinski definition) is 2. The minimum absolute atomic E-state index is 0.169. The maximum absolute atomic E-state index is 11.4. The van der Waals surface area contributed by atoms with E-state index >= 15 is 0 Å². The number of aromatic nitrogens is 1. The smallest absolute Gasteiger partial charge is 0.339 e. The number of hydrogen-bond acceptors (Lipinski definition) is 4. The van der Waals surface area contributed by atoms with Crippen LogP contribution in [-0.2, 0) is 17.6 Å². The number of nitrogens with zero attached hydrogens (tertiary/aromatic N) is 1. The van der Waals surface area contributed by atoms with E-state index in [4.69, 9.17) is 4.74 Å². The second-order valence-electron chi connectivity index (χ2n) is 5.71. The van der Waals surface area contributed by atoms with Crippen molar-refractivity contribution in [2.24, 2.45) is 5.92 Å². The third kappa shape index (κ3) is 2.50. The highest BCUT2D eigenvalue weighted by atomic mass is 16.5. The molecule has 0 aromatic carbocycles. The highest BCUT2D eigenvalue weighted by molar-refractivity contribution is 5.93. The maximum Gasteiger partial charge on any atom is 0.339 e. The van der Waals surface area contributed by atoms with Crippen LogP contribution in [0.15, 0.2) is 6.07 Å². The summed E-state index contributed by atoms with van der Waals surface area (Å²) in [6.07, 6.45) is 3.97. The average Bonchev–Trinajstić information content (AvgIpc) is 3.08. The van der Waals surface area contributed by atoms with Gasteiger partial charge in [0.25, 0.3) is 0 Å². The molecule has 0 saturated carbocycles. The summed E-state index contributed by atoms with van der Waals surface area (Å²) in [7, 11) is 0. The Morgan fingerprint density at radius 3 is 3.10 bits per heavy atom. The van der Waals surface area contributed by atoms with Gasteiger partial charge in [-0.25, -0.2) is 9.78 Å². The first-order valence-electron chi connectivity index (χ1n) is 7.25. The van der Waals surface area contributed by atoms with Crippen molar-refractivity contribution in [3.63, 3.8) is 0 Å². The van der Waals surface area contributed by atoms with Crippen LogP contribution in [0, 0.1) is 5.92 Å². The lowest BCUT2D eigenvalue weighted by Crippen LogP contribution is -2.28. The average molecular weight is 276 g/mol. The molecular formula is C15H20N2O3. The van der Waals surface area contributed by atoms with Crippen LogP contribution in [0.5, 0.6) is 0 Å². The SMILES string of the molecule is CC(Nc1nc2c(cc1C(=O)O)CCC2)C1CCOC1. The summed E-state index contributed by atoms with van der Waals surface area (Å²) in [5, 5.41) is 12.7. The second-order valence-corrected chi connectivity index (χ2v) is 5.71. The van der Waals surface area contributed by atoms with E-state index in [2.05, 4.69) is 17.2 Å². The zero-order valence-corrected chi connectivity index (χ0v) is 11.7. The first kappa shape index (κ1) is 13.4. The number of fused-ring (bicyclic) bond motifs is 1. The van der Waals surface area contributed by atoms with Crippen LogP contribution < -0.4 is 5.32 Å². The lowest BCUT2D eigenvalue weighted by Gasteiger charge is -2.21. The van der Waals surface area contributed by atoms with Gasteiger partial charge in [-0.15, -0.1) is 0 Å². The van der Waals surface area contributed by atoms with Crippen molar-refractivity contribution in [2.45, 2.75) is 38.6 Å². The van der Waals surface area contributed by atoms with Gasteiger partial charge in [-0.05, 0) is 44.2 Å². The zero-order chi connectivity index (χ0) is 14.1. The van der Waals surface area contributed by atoms with Crippen LogP contribution in [0.2, 0.25) is 0 Å². The van der Waals surface area contributed by atoms with Crippen LogP contribution in [0.4, 0.5) is 5.82 Å². The monoisotopic (exact) mass is 276 g/mol. The Labute approximate surface area is 118 Å². The fraction of sp³-hybridized carbons (Fsp3) is 0.600. The van der Waals surface area contributed by atoms with Crippen LogP contribution in [0.25, 0.3) is 0 Å². The molecule has 1 aliphatic heterocycles. The number of carboxylic acid groups (broad SMARTS) is 1. The van der Waals surface area contributed by atoms with Crippen LogP contribution in [0.1, 0.15) is 41.4 Å². The number of anilines is 1. The summed E-state index contributed by atoms with van der Waals surface area (Å²) in [6, 6.07) is 1.96. The molecule has 1 aromatic heterocycles. The van der Waals surface area contributed by atoms with Crippen molar-refractivity contribution >= 4 is 11.8 Å². The van der Waals surface area contributed by atoms with Crippen molar-refractivity contribution in [2.75, 3.05) is 18.5 Å². The first-order chi connectivity index (χ1) is 9.65. The molecule has 5 nitrogen and oxygen atoms in total. The molecular weight excluding hydrogens is 256 g/mol. The first-order valence-corrected chi connectivity index (χ1v) is 7.25. The molecule has 0 radical (unpaired) electrons. The lowest BCUT2D eigenvalue weighted by atomic mass is 10.0. The van der Waals surface area contributed by atoms with Crippen LogP contribution in [0.3, 0.4) is 0 Å². The number of carbonyl (C=O) groups is 1. The Balaban J connectivity index is 1.85. The molecule has 2 N–H and O–H groups in total. The maximum atomic E-state index is 11.4. The third-order valence-electron chi connectivity index (χ3n) is 4.32. The summed E-state index contributed by atoms with van der Waals surface area (Å²) in [5.41, 5.74) is 2.42. The summed E-state index contributed by atoms with van der Waals surface area (Å²) in [6.45, 7) is 3.60. The van der Waals surface area contributed by atoms with Gasteiger partial charge >= 0.3 is 5.97 Å². The van der Waals surface area contributed by atoms with E-state index in [0.717, 1.165) is 50.2 Å². The molecule has 20 heavy (non-hydrogen) atoms. The Morgan fingerprint density at radius 2 is 2.40 bits per heavy atom. The van der Waals surface area contributed by atoms with Gasteiger partial charge in [-0.2, -0.15) is 0 Å². The van der Waals surface area contributed by atoms with Crippen molar-refractivity contribution in [3.05, 3.63) is 22.9 Å². The second kappa shape index (κ2) is 5.40. The molecule has 0 spiro atoms. The van der Waals surface area contributed by atoms with Crippen molar-refractivity contribution in [1.82, 2.24) is 4.98 Å². The Morgan fingerprint density at radius 1 is 1.55 bits per heavy atom. The minimum atomic E-state index is -0.912. The molecule has 0 bridgehead atoms. The number of aromatic carboxylic acids is 1. The molecule has 2 atom stereocenters. The standard InChI is InChI=1S/C15H20N2O3/c1-9(11-5-6-20-8-11)16-14-12(15(18)19)7-10-3-2-4-13(10)17-14/h7,9,11H,2-6,8H2,1H3,(H,16,17)(H,18,19). The van der Waals surface area contributed by atoms with Crippen molar-refractivity contribution in [3.8, 4) is 0 Å². The molecule has 3 rings (SSSR count). The van der Waals surface area contributed by atoms with Gasteiger partial charge in [0.1, 0.15) is 11.4 Å². The Bertz CT molecular complexity index is 524. The van der Waals surface area contributed by atoms with Gasteiger partial charge < -0.3 is 15.2 Å². The van der Waals surface area contributed by atoms with Gasteiger partial charge in [0, 0.05) is 24.3 Å². The Kier molecular flexibility index (Phi) is 3.61. The predicted octanol–water partition coefficient (Wildman–Crippen LogP) is 2.11. The topological polar surface area (TPSA) is 71.5 Å². The molecule has 108 valence electrons. The normalized spacial score (nSPS) is 22.6. The summed E-state index contributed by atoms with van der Waals surface area (Å²) in [5.74, 6) is 0.0221. The van der Waals surface area contributed by atoms with E-state index in [9.17, 15) is 9.90 Å². The molecule has 2 aliphatic rings. The van der Waals surface area contributed by atoms with E-state index in [1.165, 1.54) is 0 Å². The molecule has 1 saturated heterocycles. The largest absolute Gasteiger partial charge is 0.478 e. The zero-order valence-electron chi connectivity index (χ0n) is 11.7. The summed E-state index contributed by atoms with van der Waals surface area (Å²) >= 11 is 0. The lowest BCUT2D eigenvalue weighted by molar-refractivity contribution is 0.0697. The van der Waals surface area contributed by atoms with Gasteiger partial charge in [-0.3, -0.25) is 0 Å². The number of carboxylic acids is 1. The van der Waals surface area contributed by atoms with E-state index in [1.54, 1.807) is 6.07 Å². The number of rotatable bonds is 4. The molecule has 1 aliphatic carbocycles. The summed E-state index contributed by atoms with van der Waals surface area (Å²) in [4.78, 5) is 16.0. The molecule has 1 fully saturated rings. The number of pyridine rings is 1. The fourth-order valence-electron chi connectivity index (χ4n) is 3.03. The fourth-order valence-corrected chi connectivity index (χ4v) is 3.03. The van der Waals surface area contributed by atoms with Gasteiger partial charge in [0.2, 0.25) is 0 Å². The van der Waals surface area contributed by atoms with Crippen molar-refractivity contribution < 1.29 is 14.6 Å². The molecule has 1 aromatic rings. The number of aryl methyl sites for hydroxylation is 2. The molecule has 5 heteroatoms. The summed E-state index contributed by atoms with van der Waals surface area (Å²) < 4.78 is 5.39. The Hall–Kier alpha value is -1.62. The molecule has 2 unspecified atom stereocenters. The van der Waals surface area contributed by atoms with Gasteiger partial charge in [0.05, 0.1) is 6.61 Å². The molecule has 0 amide bonds. The van der Waals surface area contributed by atoms with Crippen LogP contribution >= 0.6 is 0 Å². The van der Waals surface area contributed by atoms with Gasteiger partial charge in [-0.1, -0.05) is 0 Å². The highest BCUT2D eigenvalue weighted by Crippen LogP contribution is 2.27. The van der Waals surface area contributed by atoms with Crippen LogP contribution in [-0.4, -0.2) is 35.3 Å². The van der Waals surface area contributed by atoms with E-state index in [0.29, 0.717) is 11.7 Å². The van der Waals surface area contributed by atoms with E-state index in [1.807, 2.05) is 0 Å². The number of ether oxygens (including phenoxy) is 1. The third-order valence-corrected chi connectivity index (χ3v) is 4.32. The van der Waals surface area contributed by atoms with Crippen molar-refractivity contribution in [1.29, 1.82) is 0 Å². The minimum Gasteiger partial charge on any atom is -0.478 e. The predicted molar refractivity (Wildman–Crippen MR) is 75.2 cm³/mol.